The number of hydrogen-bond acceptors (Lipinski definition) is 6. The second kappa shape index (κ2) is 13.0. The van der Waals surface area contributed by atoms with Gasteiger partial charge in [-0.1, -0.05) is 23.2 Å². The number of hydrogen-bond donors (Lipinski definition) is 6. The van der Waals surface area contributed by atoms with Crippen molar-refractivity contribution in [3.63, 3.8) is 0 Å². The lowest BCUT2D eigenvalue weighted by atomic mass is 10.2. The third-order valence-electron chi connectivity index (χ3n) is 4.74. The maximum absolute atomic E-state index is 12.4. The molecule has 202 valence electrons. The van der Waals surface area contributed by atoms with Crippen molar-refractivity contribution < 1.29 is 46.4 Å². The van der Waals surface area contributed by atoms with Crippen molar-refractivity contribution in [1.29, 1.82) is 0 Å². The summed E-state index contributed by atoms with van der Waals surface area (Å²) in [5.74, 6) is -2.26. The molecule has 2 aromatic carbocycles. The van der Waals surface area contributed by atoms with E-state index >= 15 is 0 Å². The van der Waals surface area contributed by atoms with E-state index in [0.29, 0.717) is 0 Å². The molecule has 38 heavy (non-hydrogen) atoms. The number of anilines is 4. The monoisotopic (exact) mass is 584 g/mol. The van der Waals surface area contributed by atoms with Crippen molar-refractivity contribution >= 4 is 69.6 Å². The van der Waals surface area contributed by atoms with E-state index in [4.69, 9.17) is 23.2 Å². The summed E-state index contributed by atoms with van der Waals surface area (Å²) in [4.78, 5) is 47.3. The molecule has 3 rings (SSSR count). The molecular weight excluding hydrogens is 563 g/mol. The van der Waals surface area contributed by atoms with E-state index < -0.39 is 11.8 Å². The minimum atomic E-state index is -0.482. The van der Waals surface area contributed by atoms with Crippen LogP contribution in [-0.4, -0.2) is 38.4 Å². The highest BCUT2D eigenvalue weighted by Gasteiger charge is 2.17. The number of imidazole rings is 1. The van der Waals surface area contributed by atoms with Crippen LogP contribution in [0.3, 0.4) is 0 Å². The number of carbonyl (C=O) groups is 4. The number of halogens is 3. The molecule has 0 saturated carbocycles. The summed E-state index contributed by atoms with van der Waals surface area (Å²) in [5.41, 5.74) is 0.528. The van der Waals surface area contributed by atoms with Crippen LogP contribution >= 0.6 is 23.2 Å². The summed E-state index contributed by atoms with van der Waals surface area (Å²) in [5, 5.41) is 30.5. The Morgan fingerprint density at radius 3 is 1.74 bits per heavy atom. The van der Waals surface area contributed by atoms with Crippen molar-refractivity contribution in [3.8, 4) is 11.5 Å². The van der Waals surface area contributed by atoms with E-state index in [1.165, 1.54) is 53.6 Å². The lowest BCUT2D eigenvalue weighted by molar-refractivity contribution is -0.683. The van der Waals surface area contributed by atoms with Crippen LogP contribution in [0.15, 0.2) is 43.0 Å². The van der Waals surface area contributed by atoms with Crippen LogP contribution in [0.25, 0.3) is 0 Å². The summed E-state index contributed by atoms with van der Waals surface area (Å²) in [6.07, 6.45) is 4.64. The molecule has 0 unspecified atom stereocenters. The van der Waals surface area contributed by atoms with Crippen LogP contribution in [0.5, 0.6) is 11.5 Å². The fraction of sp³-hybridized carbons (Fsp3) is 0.174. The van der Waals surface area contributed by atoms with E-state index in [9.17, 15) is 29.4 Å². The van der Waals surface area contributed by atoms with Crippen LogP contribution in [0.4, 0.5) is 22.7 Å². The molecule has 1 heterocycles. The zero-order valence-electron chi connectivity index (χ0n) is 20.0. The number of carbonyl (C=O) groups excluding carboxylic acids is 4. The van der Waals surface area contributed by atoms with Crippen molar-refractivity contribution in [2.75, 3.05) is 21.3 Å². The first-order valence-electron chi connectivity index (χ1n) is 10.7. The zero-order valence-corrected chi connectivity index (χ0v) is 22.3. The van der Waals surface area contributed by atoms with Gasteiger partial charge in [0.05, 0.1) is 32.8 Å². The Morgan fingerprint density at radius 2 is 1.26 bits per heavy atom. The van der Waals surface area contributed by atoms with Gasteiger partial charge < -0.3 is 43.9 Å². The molecule has 0 bridgehead atoms. The molecule has 0 fully saturated rings. The zero-order chi connectivity index (χ0) is 27.3. The number of aromatic nitrogens is 2. The second-order valence-corrected chi connectivity index (χ2v) is 8.73. The topological polar surface area (TPSA) is 166 Å². The van der Waals surface area contributed by atoms with Gasteiger partial charge in [0.2, 0.25) is 18.1 Å². The van der Waals surface area contributed by atoms with Gasteiger partial charge in [0.1, 0.15) is 23.9 Å². The van der Waals surface area contributed by atoms with Crippen LogP contribution in [0, 0.1) is 0 Å². The molecule has 0 saturated heterocycles. The molecule has 12 nitrogen and oxygen atoms in total. The molecule has 15 heteroatoms. The summed E-state index contributed by atoms with van der Waals surface area (Å²) < 4.78 is 3.01. The van der Waals surface area contributed by atoms with Gasteiger partial charge in [-0.25, -0.2) is 9.13 Å². The number of rotatable bonds is 8. The van der Waals surface area contributed by atoms with Crippen molar-refractivity contribution in [2.24, 2.45) is 0 Å². The van der Waals surface area contributed by atoms with E-state index in [2.05, 4.69) is 21.3 Å². The standard InChI is InChI=1S/C23H22Cl2N6O6.ClH/c1-12(32)26-16-7-20(34)18(5-14(16)24)28-22(36)9-30-3-4-31(11-30)10-23(37)29-19-6-15(25)17(8-21(19)35)27-13(2)33;/h3-8,11H,9-10H2,1-2H3,(H5-,26,27,28,29,32,33,34,35,36,37);1H. The summed E-state index contributed by atoms with van der Waals surface area (Å²) in [7, 11) is 0. The molecule has 0 spiro atoms. The minimum absolute atomic E-state index is 0. The number of amides is 4. The third kappa shape index (κ3) is 8.26. The third-order valence-corrected chi connectivity index (χ3v) is 5.36. The van der Waals surface area contributed by atoms with Crippen molar-refractivity contribution in [2.45, 2.75) is 26.9 Å². The number of benzene rings is 2. The van der Waals surface area contributed by atoms with Gasteiger partial charge in [-0.05, 0) is 12.1 Å². The molecule has 0 aliphatic rings. The second-order valence-electron chi connectivity index (χ2n) is 7.92. The smallest absolute Gasteiger partial charge is 0.266 e. The average Bonchev–Trinajstić information content (AvgIpc) is 3.20. The lowest BCUT2D eigenvalue weighted by Gasteiger charge is -2.11. The number of aromatic hydroxyl groups is 2. The molecular formula is C23H23Cl3N6O6. The maximum Gasteiger partial charge on any atom is 0.266 e. The molecule has 0 aliphatic carbocycles. The Kier molecular flexibility index (Phi) is 10.3. The van der Waals surface area contributed by atoms with Crippen LogP contribution in [0.1, 0.15) is 13.8 Å². The molecule has 6 N–H and O–H groups in total. The number of nitrogens with zero attached hydrogens (tertiary/aromatic N) is 2. The maximum atomic E-state index is 12.4. The first-order valence-corrected chi connectivity index (χ1v) is 11.4. The van der Waals surface area contributed by atoms with Gasteiger partial charge in [0.25, 0.3) is 11.8 Å². The average molecular weight is 586 g/mol. The van der Waals surface area contributed by atoms with Crippen LogP contribution < -0.4 is 38.2 Å². The van der Waals surface area contributed by atoms with Crippen molar-refractivity contribution in [3.05, 3.63) is 53.0 Å². The summed E-state index contributed by atoms with van der Waals surface area (Å²) in [6, 6.07) is 5.06. The number of nitrogens with one attached hydrogen (secondary N) is 4. The predicted molar refractivity (Wildman–Crippen MR) is 137 cm³/mol. The Bertz CT molecular complexity index is 1290. The van der Waals surface area contributed by atoms with E-state index in [1.54, 1.807) is 12.4 Å². The Hall–Kier alpha value is -4.00. The first kappa shape index (κ1) is 30.2. The Morgan fingerprint density at radius 1 is 0.789 bits per heavy atom. The summed E-state index contributed by atoms with van der Waals surface area (Å²) in [6.45, 7) is 2.31. The highest BCUT2D eigenvalue weighted by atomic mass is 35.5. The van der Waals surface area contributed by atoms with Gasteiger partial charge in [-0.3, -0.25) is 19.2 Å². The lowest BCUT2D eigenvalue weighted by Crippen LogP contribution is -3.00. The fourth-order valence-corrected chi connectivity index (χ4v) is 3.65. The minimum Gasteiger partial charge on any atom is -1.00 e. The van der Waals surface area contributed by atoms with Gasteiger partial charge >= 0.3 is 0 Å². The summed E-state index contributed by atoms with van der Waals surface area (Å²) >= 11 is 12.2. The molecule has 3 aromatic rings. The van der Waals surface area contributed by atoms with Gasteiger partial charge in [-0.2, -0.15) is 0 Å². The molecule has 0 atom stereocenters. The normalized spacial score (nSPS) is 10.2. The van der Waals surface area contributed by atoms with E-state index in [0.717, 1.165) is 0 Å². The van der Waals surface area contributed by atoms with E-state index in [-0.39, 0.29) is 81.6 Å². The van der Waals surface area contributed by atoms with Gasteiger partial charge in [0, 0.05) is 26.0 Å². The molecule has 0 radical (unpaired) electrons. The van der Waals surface area contributed by atoms with Crippen molar-refractivity contribution in [1.82, 2.24) is 4.57 Å². The highest BCUT2D eigenvalue weighted by Crippen LogP contribution is 2.34. The molecule has 1 aromatic heterocycles. The largest absolute Gasteiger partial charge is 1.00 e. The van der Waals surface area contributed by atoms with Gasteiger partial charge in [-0.15, -0.1) is 0 Å². The Balaban J connectivity index is 0.00000507. The van der Waals surface area contributed by atoms with Gasteiger partial charge in [0.15, 0.2) is 13.1 Å². The SMILES string of the molecule is CC(=O)Nc1cc(O)c(NC(=O)Cn2cc[n+](CC(=O)Nc3cc(Cl)c(NC(C)=O)cc3O)c2)cc1Cl.[Cl-]. The number of phenols is 2. The molecule has 0 aliphatic heterocycles. The van der Waals surface area contributed by atoms with E-state index in [1.807, 2.05) is 0 Å². The number of phenolic OH excluding ortho intramolecular Hbond substituents is 2. The Labute approximate surface area is 233 Å². The first-order chi connectivity index (χ1) is 17.4. The highest BCUT2D eigenvalue weighted by molar-refractivity contribution is 6.34. The van der Waals surface area contributed by atoms with Crippen LogP contribution in [0.2, 0.25) is 10.0 Å². The van der Waals surface area contributed by atoms with Crippen LogP contribution in [-0.2, 0) is 32.3 Å². The fourth-order valence-electron chi connectivity index (χ4n) is 3.23. The quantitative estimate of drug-likeness (QED) is 0.157. The molecule has 4 amide bonds. The predicted octanol–water partition coefficient (Wildman–Crippen LogP) is -0.308.